The molecule has 0 saturated heterocycles. The van der Waals surface area contributed by atoms with E-state index in [9.17, 15) is 14.7 Å². The summed E-state index contributed by atoms with van der Waals surface area (Å²) in [4.78, 5) is 27.0. The lowest BCUT2D eigenvalue weighted by atomic mass is 10.1. The van der Waals surface area contributed by atoms with Crippen molar-refractivity contribution in [3.05, 3.63) is 47.5 Å². The third-order valence-corrected chi connectivity index (χ3v) is 2.97. The predicted molar refractivity (Wildman–Crippen MR) is 74.8 cm³/mol. The van der Waals surface area contributed by atoms with Crippen LogP contribution in [-0.4, -0.2) is 38.2 Å². The number of carboxylic acids is 1. The van der Waals surface area contributed by atoms with Gasteiger partial charge in [-0.1, -0.05) is 30.3 Å². The van der Waals surface area contributed by atoms with E-state index in [2.05, 4.69) is 20.5 Å². The van der Waals surface area contributed by atoms with Crippen molar-refractivity contribution in [3.63, 3.8) is 0 Å². The van der Waals surface area contributed by atoms with Crippen molar-refractivity contribution < 1.29 is 14.7 Å². The van der Waals surface area contributed by atoms with Crippen LogP contribution in [0.1, 0.15) is 28.4 Å². The molecule has 110 valence electrons. The monoisotopic (exact) mass is 288 g/mol. The first kappa shape index (κ1) is 14.7. The Balaban J connectivity index is 1.96. The molecule has 0 spiro atoms. The van der Waals surface area contributed by atoms with Gasteiger partial charge in [0.2, 0.25) is 5.82 Å². The van der Waals surface area contributed by atoms with E-state index in [4.69, 9.17) is 0 Å². The number of nitrogens with one attached hydrogen (secondary N) is 2. The molecule has 3 N–H and O–H groups in total. The number of hydrogen-bond donors (Lipinski definition) is 3. The Morgan fingerprint density at radius 2 is 2.05 bits per heavy atom. The molecular formula is C14H16N4O3. The Morgan fingerprint density at radius 3 is 2.62 bits per heavy atom. The zero-order chi connectivity index (χ0) is 15.2. The fraction of sp³-hybridized carbons (Fsp3) is 0.286. The Morgan fingerprint density at radius 1 is 1.33 bits per heavy atom. The third kappa shape index (κ3) is 4.13. The van der Waals surface area contributed by atoms with Crippen LogP contribution in [0.25, 0.3) is 0 Å². The topological polar surface area (TPSA) is 108 Å². The fourth-order valence-electron chi connectivity index (χ4n) is 1.88. The minimum absolute atomic E-state index is 0.0570. The van der Waals surface area contributed by atoms with Crippen LogP contribution in [0.3, 0.4) is 0 Å². The van der Waals surface area contributed by atoms with Crippen LogP contribution >= 0.6 is 0 Å². The first-order valence-electron chi connectivity index (χ1n) is 6.53. The molecule has 0 aliphatic rings. The molecule has 1 atom stereocenters. The molecule has 2 aromatic rings. The number of aryl methyl sites for hydroxylation is 2. The van der Waals surface area contributed by atoms with Gasteiger partial charge in [0.25, 0.3) is 5.91 Å². The maximum Gasteiger partial charge on any atom is 0.326 e. The first-order chi connectivity index (χ1) is 10.1. The maximum atomic E-state index is 11.9. The van der Waals surface area contributed by atoms with Gasteiger partial charge in [-0.15, -0.1) is 5.10 Å². The van der Waals surface area contributed by atoms with Crippen molar-refractivity contribution in [2.75, 3.05) is 0 Å². The number of aromatic amines is 1. The van der Waals surface area contributed by atoms with Gasteiger partial charge in [0.15, 0.2) is 0 Å². The van der Waals surface area contributed by atoms with E-state index in [-0.39, 0.29) is 5.82 Å². The molecule has 0 fully saturated rings. The summed E-state index contributed by atoms with van der Waals surface area (Å²) in [7, 11) is 0. The van der Waals surface area contributed by atoms with Gasteiger partial charge in [0.05, 0.1) is 0 Å². The second kappa shape index (κ2) is 6.65. The number of aliphatic carboxylic acids is 1. The van der Waals surface area contributed by atoms with E-state index < -0.39 is 17.9 Å². The van der Waals surface area contributed by atoms with E-state index in [1.807, 2.05) is 30.3 Å². The summed E-state index contributed by atoms with van der Waals surface area (Å²) in [6.45, 7) is 1.66. The van der Waals surface area contributed by atoms with E-state index >= 15 is 0 Å². The number of hydrogen-bond acceptors (Lipinski definition) is 4. The molecule has 0 bridgehead atoms. The largest absolute Gasteiger partial charge is 0.480 e. The number of carbonyl (C=O) groups is 2. The van der Waals surface area contributed by atoms with Gasteiger partial charge in [0.1, 0.15) is 11.9 Å². The standard InChI is InChI=1S/C14H16N4O3/c1-9-15-12(18-17-9)13(19)16-11(14(20)21)8-7-10-5-3-2-4-6-10/h2-6,11H,7-8H2,1H3,(H,16,19)(H,20,21)(H,15,17,18)/t11-/m0/s1. The second-order valence-corrected chi connectivity index (χ2v) is 4.63. The van der Waals surface area contributed by atoms with Crippen LogP contribution in [0.4, 0.5) is 0 Å². The quantitative estimate of drug-likeness (QED) is 0.732. The van der Waals surface area contributed by atoms with E-state index in [1.54, 1.807) is 6.92 Å². The van der Waals surface area contributed by atoms with Gasteiger partial charge in [-0.05, 0) is 25.3 Å². The molecule has 1 aromatic carbocycles. The highest BCUT2D eigenvalue weighted by Gasteiger charge is 2.22. The van der Waals surface area contributed by atoms with E-state index in [0.29, 0.717) is 18.7 Å². The first-order valence-corrected chi connectivity index (χ1v) is 6.53. The second-order valence-electron chi connectivity index (χ2n) is 4.63. The van der Waals surface area contributed by atoms with Crippen LogP contribution in [0.2, 0.25) is 0 Å². The Kier molecular flexibility index (Phi) is 4.65. The number of amides is 1. The van der Waals surface area contributed by atoms with Gasteiger partial charge in [-0.25, -0.2) is 9.78 Å². The van der Waals surface area contributed by atoms with Gasteiger partial charge in [0, 0.05) is 0 Å². The summed E-state index contributed by atoms with van der Waals surface area (Å²) >= 11 is 0. The molecule has 0 aliphatic carbocycles. The average molecular weight is 288 g/mol. The molecule has 21 heavy (non-hydrogen) atoms. The number of H-pyrrole nitrogens is 1. The number of rotatable bonds is 6. The molecule has 7 heteroatoms. The highest BCUT2D eigenvalue weighted by molar-refractivity contribution is 5.93. The van der Waals surface area contributed by atoms with Crippen molar-refractivity contribution in [1.82, 2.24) is 20.5 Å². The summed E-state index contributed by atoms with van der Waals surface area (Å²) in [5.41, 5.74) is 1.02. The van der Waals surface area contributed by atoms with E-state index in [0.717, 1.165) is 5.56 Å². The predicted octanol–water partition coefficient (Wildman–Crippen LogP) is 0.929. The van der Waals surface area contributed by atoms with Crippen LogP contribution in [0.5, 0.6) is 0 Å². The molecule has 0 saturated carbocycles. The maximum absolute atomic E-state index is 11.9. The Bertz CT molecular complexity index is 624. The van der Waals surface area contributed by atoms with Gasteiger partial charge in [-0.3, -0.25) is 9.89 Å². The molecule has 1 aromatic heterocycles. The van der Waals surface area contributed by atoms with Crippen molar-refractivity contribution in [2.24, 2.45) is 0 Å². The smallest absolute Gasteiger partial charge is 0.326 e. The summed E-state index contributed by atoms with van der Waals surface area (Å²) < 4.78 is 0. The molecule has 0 unspecified atom stereocenters. The summed E-state index contributed by atoms with van der Waals surface area (Å²) in [6, 6.07) is 8.53. The molecule has 1 heterocycles. The number of nitrogens with zero attached hydrogens (tertiary/aromatic N) is 2. The van der Waals surface area contributed by atoms with Crippen LogP contribution in [-0.2, 0) is 11.2 Å². The minimum Gasteiger partial charge on any atom is -0.480 e. The Labute approximate surface area is 121 Å². The van der Waals surface area contributed by atoms with Crippen molar-refractivity contribution in [3.8, 4) is 0 Å². The SMILES string of the molecule is Cc1nc(C(=O)N[C@@H](CCc2ccccc2)C(=O)O)n[nH]1. The zero-order valence-electron chi connectivity index (χ0n) is 11.5. The molecule has 1 amide bonds. The lowest BCUT2D eigenvalue weighted by molar-refractivity contribution is -0.139. The molecule has 0 aliphatic heterocycles. The highest BCUT2D eigenvalue weighted by atomic mass is 16.4. The lowest BCUT2D eigenvalue weighted by Gasteiger charge is -2.13. The molecule has 0 radical (unpaired) electrons. The Hall–Kier alpha value is -2.70. The normalized spacial score (nSPS) is 11.9. The van der Waals surface area contributed by atoms with Crippen molar-refractivity contribution in [1.29, 1.82) is 0 Å². The average Bonchev–Trinajstić information content (AvgIpc) is 2.90. The fourth-order valence-corrected chi connectivity index (χ4v) is 1.88. The van der Waals surface area contributed by atoms with Crippen LogP contribution in [0.15, 0.2) is 30.3 Å². The van der Waals surface area contributed by atoms with Gasteiger partial charge in [-0.2, -0.15) is 0 Å². The molecular weight excluding hydrogens is 272 g/mol. The number of carbonyl (C=O) groups excluding carboxylic acids is 1. The number of benzene rings is 1. The van der Waals surface area contributed by atoms with Gasteiger partial charge >= 0.3 is 5.97 Å². The van der Waals surface area contributed by atoms with Crippen molar-refractivity contribution >= 4 is 11.9 Å². The summed E-state index contributed by atoms with van der Waals surface area (Å²) in [5, 5.41) is 17.9. The minimum atomic E-state index is -1.08. The van der Waals surface area contributed by atoms with Gasteiger partial charge < -0.3 is 10.4 Å². The third-order valence-electron chi connectivity index (χ3n) is 2.97. The summed E-state index contributed by atoms with van der Waals surface area (Å²) in [6.07, 6.45) is 0.861. The van der Waals surface area contributed by atoms with E-state index in [1.165, 1.54) is 0 Å². The number of carboxylic acid groups (broad SMARTS) is 1. The van der Waals surface area contributed by atoms with Crippen LogP contribution < -0.4 is 5.32 Å². The van der Waals surface area contributed by atoms with Crippen molar-refractivity contribution in [2.45, 2.75) is 25.8 Å². The molecule has 7 nitrogen and oxygen atoms in total. The lowest BCUT2D eigenvalue weighted by Crippen LogP contribution is -2.41. The summed E-state index contributed by atoms with van der Waals surface area (Å²) in [5.74, 6) is -1.24. The zero-order valence-corrected chi connectivity index (χ0v) is 11.5. The highest BCUT2D eigenvalue weighted by Crippen LogP contribution is 2.06. The number of aromatic nitrogens is 3. The molecule has 2 rings (SSSR count). The van der Waals surface area contributed by atoms with Crippen LogP contribution in [0, 0.1) is 6.92 Å².